The zero-order valence-electron chi connectivity index (χ0n) is 8.64. The maximum atomic E-state index is 10.6. The minimum Gasteiger partial charge on any atom is -0.497 e. The van der Waals surface area contributed by atoms with Gasteiger partial charge in [0, 0.05) is 12.6 Å². The normalized spacial score (nSPS) is 20.3. The van der Waals surface area contributed by atoms with Gasteiger partial charge in [-0.05, 0) is 18.6 Å². The molecule has 1 aliphatic rings. The van der Waals surface area contributed by atoms with Crippen molar-refractivity contribution in [2.75, 3.05) is 18.7 Å². The Bertz CT molecular complexity index is 354. The highest BCUT2D eigenvalue weighted by molar-refractivity contribution is 5.61. The summed E-state index contributed by atoms with van der Waals surface area (Å²) < 4.78 is 5.14. The van der Waals surface area contributed by atoms with Gasteiger partial charge in [0.2, 0.25) is 0 Å². The second-order valence-corrected chi connectivity index (χ2v) is 3.51. The molecule has 0 radical (unpaired) electrons. The number of aldehydes is 1. The Morgan fingerprint density at radius 2 is 2.47 bits per heavy atom. The molecule has 1 aromatic rings. The zero-order chi connectivity index (χ0) is 10.7. The predicted molar refractivity (Wildman–Crippen MR) is 57.9 cm³/mol. The molecule has 1 saturated heterocycles. The molecule has 80 valence electrons. The van der Waals surface area contributed by atoms with Gasteiger partial charge in [0.05, 0.1) is 18.8 Å². The predicted octanol–water partition coefficient (Wildman–Crippen LogP) is 0.977. The van der Waals surface area contributed by atoms with Gasteiger partial charge in [0.25, 0.3) is 0 Å². The van der Waals surface area contributed by atoms with Gasteiger partial charge in [-0.25, -0.2) is 5.43 Å². The first kappa shape index (κ1) is 9.98. The van der Waals surface area contributed by atoms with Crippen LogP contribution in [0.5, 0.6) is 5.75 Å². The van der Waals surface area contributed by atoms with E-state index in [-0.39, 0.29) is 6.04 Å². The van der Waals surface area contributed by atoms with Gasteiger partial charge in [0.15, 0.2) is 0 Å². The van der Waals surface area contributed by atoms with Crippen LogP contribution in [0.15, 0.2) is 24.3 Å². The molecule has 1 N–H and O–H groups in total. The van der Waals surface area contributed by atoms with Crippen molar-refractivity contribution in [2.24, 2.45) is 0 Å². The quantitative estimate of drug-likeness (QED) is 0.748. The second kappa shape index (κ2) is 4.31. The minimum absolute atomic E-state index is 0.0591. The van der Waals surface area contributed by atoms with Crippen LogP contribution in [0.4, 0.5) is 5.69 Å². The Labute approximate surface area is 88.8 Å². The van der Waals surface area contributed by atoms with E-state index in [1.165, 1.54) is 0 Å². The first-order chi connectivity index (χ1) is 7.33. The van der Waals surface area contributed by atoms with Crippen LogP contribution < -0.4 is 15.2 Å². The lowest BCUT2D eigenvalue weighted by atomic mass is 10.2. The minimum atomic E-state index is -0.0591. The number of nitrogens with zero attached hydrogens (tertiary/aromatic N) is 1. The molecule has 4 heteroatoms. The van der Waals surface area contributed by atoms with E-state index in [9.17, 15) is 4.79 Å². The number of carbonyl (C=O) groups is 1. The fourth-order valence-corrected chi connectivity index (χ4v) is 1.68. The van der Waals surface area contributed by atoms with Crippen molar-refractivity contribution < 1.29 is 9.53 Å². The molecule has 2 rings (SSSR count). The Hall–Kier alpha value is -1.55. The molecule has 0 aliphatic carbocycles. The molecule has 0 amide bonds. The summed E-state index contributed by atoms with van der Waals surface area (Å²) in [7, 11) is 1.64. The molecular weight excluding hydrogens is 192 g/mol. The molecule has 15 heavy (non-hydrogen) atoms. The molecular formula is C11H14N2O2. The summed E-state index contributed by atoms with van der Waals surface area (Å²) in [6, 6.07) is 7.71. The van der Waals surface area contributed by atoms with Gasteiger partial charge in [0.1, 0.15) is 12.0 Å². The van der Waals surface area contributed by atoms with Gasteiger partial charge in [-0.15, -0.1) is 0 Å². The van der Waals surface area contributed by atoms with Crippen LogP contribution in [0.2, 0.25) is 0 Å². The molecule has 0 aromatic heterocycles. The SMILES string of the molecule is COc1cccc(N2CCC(C=O)N2)c1. The molecule has 0 bridgehead atoms. The van der Waals surface area contributed by atoms with E-state index in [2.05, 4.69) is 5.43 Å². The third-order valence-corrected chi connectivity index (χ3v) is 2.51. The average molecular weight is 206 g/mol. The van der Waals surface area contributed by atoms with E-state index in [1.807, 2.05) is 29.3 Å². The number of nitrogens with one attached hydrogen (secondary N) is 1. The van der Waals surface area contributed by atoms with E-state index in [1.54, 1.807) is 7.11 Å². The number of rotatable bonds is 3. The number of hydrogen-bond donors (Lipinski definition) is 1. The number of hydrazine groups is 1. The first-order valence-corrected chi connectivity index (χ1v) is 4.96. The van der Waals surface area contributed by atoms with E-state index in [4.69, 9.17) is 4.74 Å². The molecule has 1 atom stereocenters. The van der Waals surface area contributed by atoms with Crippen LogP contribution in [-0.4, -0.2) is 26.0 Å². The van der Waals surface area contributed by atoms with Crippen molar-refractivity contribution in [3.8, 4) is 5.75 Å². The van der Waals surface area contributed by atoms with Crippen molar-refractivity contribution in [3.05, 3.63) is 24.3 Å². The molecule has 0 spiro atoms. The molecule has 1 unspecified atom stereocenters. The number of benzene rings is 1. The average Bonchev–Trinajstić information content (AvgIpc) is 2.78. The van der Waals surface area contributed by atoms with Crippen LogP contribution >= 0.6 is 0 Å². The summed E-state index contributed by atoms with van der Waals surface area (Å²) in [6.07, 6.45) is 1.79. The fourth-order valence-electron chi connectivity index (χ4n) is 1.68. The standard InChI is InChI=1S/C11H14N2O2/c1-15-11-4-2-3-10(7-11)13-6-5-9(8-14)12-13/h2-4,7-9,12H,5-6H2,1H3. The van der Waals surface area contributed by atoms with Gasteiger partial charge in [-0.2, -0.15) is 0 Å². The summed E-state index contributed by atoms with van der Waals surface area (Å²) in [5, 5.41) is 1.97. The highest BCUT2D eigenvalue weighted by Crippen LogP contribution is 2.22. The maximum Gasteiger partial charge on any atom is 0.138 e. The first-order valence-electron chi connectivity index (χ1n) is 4.96. The van der Waals surface area contributed by atoms with Gasteiger partial charge < -0.3 is 14.5 Å². The van der Waals surface area contributed by atoms with E-state index >= 15 is 0 Å². The lowest BCUT2D eigenvalue weighted by Gasteiger charge is -2.19. The lowest BCUT2D eigenvalue weighted by molar-refractivity contribution is -0.109. The highest BCUT2D eigenvalue weighted by Gasteiger charge is 2.21. The molecule has 4 nitrogen and oxygen atoms in total. The van der Waals surface area contributed by atoms with Crippen LogP contribution in [0.25, 0.3) is 0 Å². The van der Waals surface area contributed by atoms with Crippen LogP contribution in [0, 0.1) is 0 Å². The zero-order valence-corrected chi connectivity index (χ0v) is 8.64. The summed E-state index contributed by atoms with van der Waals surface area (Å²) >= 11 is 0. The van der Waals surface area contributed by atoms with Crippen molar-refractivity contribution >= 4 is 12.0 Å². The smallest absolute Gasteiger partial charge is 0.138 e. The summed E-state index contributed by atoms with van der Waals surface area (Å²) in [5.41, 5.74) is 4.14. The summed E-state index contributed by atoms with van der Waals surface area (Å²) in [4.78, 5) is 10.6. The van der Waals surface area contributed by atoms with Crippen LogP contribution in [-0.2, 0) is 4.79 Å². The maximum absolute atomic E-state index is 10.6. The highest BCUT2D eigenvalue weighted by atomic mass is 16.5. The number of anilines is 1. The largest absolute Gasteiger partial charge is 0.497 e. The van der Waals surface area contributed by atoms with Gasteiger partial charge >= 0.3 is 0 Å². The Balaban J connectivity index is 2.12. The number of hydrogen-bond acceptors (Lipinski definition) is 4. The van der Waals surface area contributed by atoms with E-state index < -0.39 is 0 Å². The van der Waals surface area contributed by atoms with Gasteiger partial charge in [-0.3, -0.25) is 0 Å². The summed E-state index contributed by atoms with van der Waals surface area (Å²) in [5.74, 6) is 0.823. The number of ether oxygens (including phenoxy) is 1. The Morgan fingerprint density at radius 1 is 1.60 bits per heavy atom. The van der Waals surface area contributed by atoms with E-state index in [0.717, 1.165) is 30.7 Å². The third kappa shape index (κ3) is 2.10. The Kier molecular flexibility index (Phi) is 2.87. The monoisotopic (exact) mass is 206 g/mol. The number of carbonyl (C=O) groups excluding carboxylic acids is 1. The lowest BCUT2D eigenvalue weighted by Crippen LogP contribution is -2.36. The topological polar surface area (TPSA) is 41.6 Å². The van der Waals surface area contributed by atoms with Crippen LogP contribution in [0.3, 0.4) is 0 Å². The molecule has 1 aromatic carbocycles. The number of methoxy groups -OCH3 is 1. The molecule has 1 fully saturated rings. The summed E-state index contributed by atoms with van der Waals surface area (Å²) in [6.45, 7) is 0.844. The van der Waals surface area contributed by atoms with Gasteiger partial charge in [-0.1, -0.05) is 6.07 Å². The van der Waals surface area contributed by atoms with Crippen LogP contribution in [0.1, 0.15) is 6.42 Å². The Morgan fingerprint density at radius 3 is 3.13 bits per heavy atom. The molecule has 1 heterocycles. The molecule has 1 aliphatic heterocycles. The second-order valence-electron chi connectivity index (χ2n) is 3.51. The molecule has 0 saturated carbocycles. The van der Waals surface area contributed by atoms with Crippen molar-refractivity contribution in [3.63, 3.8) is 0 Å². The van der Waals surface area contributed by atoms with Crippen molar-refractivity contribution in [1.29, 1.82) is 0 Å². The third-order valence-electron chi connectivity index (χ3n) is 2.51. The van der Waals surface area contributed by atoms with E-state index in [0.29, 0.717) is 0 Å². The van der Waals surface area contributed by atoms with Crippen molar-refractivity contribution in [2.45, 2.75) is 12.5 Å². The fraction of sp³-hybridized carbons (Fsp3) is 0.364. The van der Waals surface area contributed by atoms with Crippen molar-refractivity contribution in [1.82, 2.24) is 5.43 Å².